The van der Waals surface area contributed by atoms with Gasteiger partial charge in [-0.15, -0.1) is 0 Å². The molecule has 0 heterocycles. The van der Waals surface area contributed by atoms with E-state index in [1.165, 1.54) is 22.8 Å². The minimum atomic E-state index is 0.633. The first-order valence-electron chi connectivity index (χ1n) is 9.68. The molecule has 0 bridgehead atoms. The van der Waals surface area contributed by atoms with Crippen molar-refractivity contribution >= 4 is 12.6 Å². The Morgan fingerprint density at radius 3 is 1.58 bits per heavy atom. The largest absolute Gasteiger partial charge is 0.303 e. The molecule has 0 aromatic heterocycles. The molecule has 0 fully saturated rings. The summed E-state index contributed by atoms with van der Waals surface area (Å²) in [6.45, 7) is 8.51. The highest BCUT2D eigenvalue weighted by Crippen LogP contribution is 2.13. The average Bonchev–Trinajstić information content (AvgIpc) is 2.61. The van der Waals surface area contributed by atoms with E-state index in [-0.39, 0.29) is 0 Å². The predicted molar refractivity (Wildman–Crippen MR) is 113 cm³/mol. The monoisotopic (exact) mass is 356 g/mol. The Balaban J connectivity index is 4.03. The van der Waals surface area contributed by atoms with Gasteiger partial charge in [-0.05, 0) is 78.7 Å². The van der Waals surface area contributed by atoms with E-state index in [0.717, 1.165) is 63.1 Å². The van der Waals surface area contributed by atoms with Crippen LogP contribution < -0.4 is 0 Å². The van der Waals surface area contributed by atoms with Crippen molar-refractivity contribution in [1.82, 2.24) is 0 Å². The van der Waals surface area contributed by atoms with Crippen molar-refractivity contribution in [3.63, 3.8) is 0 Å². The summed E-state index contributed by atoms with van der Waals surface area (Å²) >= 11 is 0. The topological polar surface area (TPSA) is 34.1 Å². The molecule has 0 aromatic carbocycles. The number of aldehydes is 2. The standard InChI is InChI=1S/C24H36O2/c1-21(13-7-15-23(3)17-9-19-25)11-5-6-12-22(2)14-8-16-24(4)18-10-20-26/h9,11-12,15-17,19-20H,5-8,10,13-14,18H2,1-4H3/b17-9+,21-11+,22-12+,23-15+,24-16+. The van der Waals surface area contributed by atoms with Crippen LogP contribution in [0.2, 0.25) is 0 Å². The van der Waals surface area contributed by atoms with Gasteiger partial charge in [-0.3, -0.25) is 4.79 Å². The molecule has 0 aliphatic carbocycles. The van der Waals surface area contributed by atoms with Gasteiger partial charge < -0.3 is 4.79 Å². The Morgan fingerprint density at radius 1 is 0.615 bits per heavy atom. The SMILES string of the molecule is CC(/C=C/C=O)=C\CC/C(C)=C/CC/C=C(\C)CC/C=C(\C)CCC=O. The summed E-state index contributed by atoms with van der Waals surface area (Å²) in [7, 11) is 0. The van der Waals surface area contributed by atoms with E-state index in [0.29, 0.717) is 6.42 Å². The third kappa shape index (κ3) is 15.6. The average molecular weight is 357 g/mol. The lowest BCUT2D eigenvalue weighted by Crippen LogP contribution is -1.82. The van der Waals surface area contributed by atoms with Gasteiger partial charge in [0.1, 0.15) is 12.6 Å². The van der Waals surface area contributed by atoms with Gasteiger partial charge in [0.25, 0.3) is 0 Å². The van der Waals surface area contributed by atoms with Crippen LogP contribution in [0.4, 0.5) is 0 Å². The van der Waals surface area contributed by atoms with Gasteiger partial charge in [-0.2, -0.15) is 0 Å². The molecule has 0 unspecified atom stereocenters. The lowest BCUT2D eigenvalue weighted by Gasteiger charge is -2.01. The highest BCUT2D eigenvalue weighted by molar-refractivity contribution is 5.65. The summed E-state index contributed by atoms with van der Waals surface area (Å²) in [5, 5.41) is 0. The maximum Gasteiger partial charge on any atom is 0.142 e. The van der Waals surface area contributed by atoms with Crippen molar-refractivity contribution < 1.29 is 9.59 Å². The van der Waals surface area contributed by atoms with Crippen molar-refractivity contribution in [3.8, 4) is 0 Å². The Morgan fingerprint density at radius 2 is 1.08 bits per heavy atom. The fraction of sp³-hybridized carbons (Fsp3) is 0.500. The molecule has 26 heavy (non-hydrogen) atoms. The van der Waals surface area contributed by atoms with Crippen LogP contribution in [0.3, 0.4) is 0 Å². The van der Waals surface area contributed by atoms with Gasteiger partial charge in [0.15, 0.2) is 0 Å². The van der Waals surface area contributed by atoms with E-state index in [4.69, 9.17) is 0 Å². The van der Waals surface area contributed by atoms with Crippen LogP contribution in [0.5, 0.6) is 0 Å². The molecule has 0 radical (unpaired) electrons. The molecular formula is C24H36O2. The van der Waals surface area contributed by atoms with Crippen LogP contribution in [0.1, 0.15) is 79.1 Å². The Hall–Kier alpha value is -1.96. The second kappa shape index (κ2) is 16.5. The van der Waals surface area contributed by atoms with Crippen LogP contribution >= 0.6 is 0 Å². The Labute approximate surface area is 160 Å². The quantitative estimate of drug-likeness (QED) is 0.112. The number of carbonyl (C=O) groups excluding carboxylic acids is 2. The number of carbonyl (C=O) groups is 2. The summed E-state index contributed by atoms with van der Waals surface area (Å²) < 4.78 is 0. The van der Waals surface area contributed by atoms with Gasteiger partial charge in [-0.25, -0.2) is 0 Å². The van der Waals surface area contributed by atoms with E-state index >= 15 is 0 Å². The highest BCUT2D eigenvalue weighted by atomic mass is 16.1. The van der Waals surface area contributed by atoms with Gasteiger partial charge >= 0.3 is 0 Å². The number of rotatable bonds is 14. The third-order valence-corrected chi connectivity index (χ3v) is 4.28. The molecule has 0 aliphatic heterocycles. The van der Waals surface area contributed by atoms with Gasteiger partial charge in [0.2, 0.25) is 0 Å². The first kappa shape index (κ1) is 24.0. The second-order valence-electron chi connectivity index (χ2n) is 6.95. The van der Waals surface area contributed by atoms with E-state index in [2.05, 4.69) is 45.1 Å². The number of unbranched alkanes of at least 4 members (excludes halogenated alkanes) is 1. The molecule has 0 saturated carbocycles. The molecule has 2 heteroatoms. The van der Waals surface area contributed by atoms with Crippen molar-refractivity contribution in [3.05, 3.63) is 58.7 Å². The molecule has 0 aromatic rings. The van der Waals surface area contributed by atoms with Crippen molar-refractivity contribution in [1.29, 1.82) is 0 Å². The fourth-order valence-corrected chi connectivity index (χ4v) is 2.59. The third-order valence-electron chi connectivity index (χ3n) is 4.28. The maximum atomic E-state index is 10.4. The molecule has 0 amide bonds. The number of hydrogen-bond acceptors (Lipinski definition) is 2. The van der Waals surface area contributed by atoms with Gasteiger partial charge in [0.05, 0.1) is 0 Å². The normalized spacial score (nSPS) is 14.2. The Bertz CT molecular complexity index is 557. The summed E-state index contributed by atoms with van der Waals surface area (Å²) in [6.07, 6.45) is 22.2. The molecule has 0 aliphatic rings. The summed E-state index contributed by atoms with van der Waals surface area (Å²) in [5.74, 6) is 0. The number of allylic oxidation sites excluding steroid dienone is 10. The molecule has 0 spiro atoms. The number of hydrogen-bond donors (Lipinski definition) is 0. The van der Waals surface area contributed by atoms with Crippen LogP contribution in [0.15, 0.2) is 58.7 Å². The molecule has 0 N–H and O–H groups in total. The van der Waals surface area contributed by atoms with Gasteiger partial charge in [-0.1, -0.05) is 52.7 Å². The minimum absolute atomic E-state index is 0.633. The Kier molecular flexibility index (Phi) is 15.3. The molecule has 0 atom stereocenters. The van der Waals surface area contributed by atoms with Crippen LogP contribution in [-0.2, 0) is 9.59 Å². The molecule has 0 rings (SSSR count). The summed E-state index contributed by atoms with van der Waals surface area (Å²) in [4.78, 5) is 20.6. The first-order chi connectivity index (χ1) is 12.5. The first-order valence-corrected chi connectivity index (χ1v) is 9.68. The molecular weight excluding hydrogens is 320 g/mol. The van der Waals surface area contributed by atoms with Crippen molar-refractivity contribution in [2.45, 2.75) is 79.1 Å². The highest BCUT2D eigenvalue weighted by Gasteiger charge is 1.93. The minimum Gasteiger partial charge on any atom is -0.303 e. The van der Waals surface area contributed by atoms with E-state index in [1.807, 2.05) is 13.0 Å². The van der Waals surface area contributed by atoms with Crippen LogP contribution in [-0.4, -0.2) is 12.6 Å². The lowest BCUT2D eigenvalue weighted by atomic mass is 10.1. The molecule has 0 saturated heterocycles. The van der Waals surface area contributed by atoms with Crippen LogP contribution in [0, 0.1) is 0 Å². The smallest absolute Gasteiger partial charge is 0.142 e. The van der Waals surface area contributed by atoms with E-state index < -0.39 is 0 Å². The molecule has 2 nitrogen and oxygen atoms in total. The van der Waals surface area contributed by atoms with Crippen molar-refractivity contribution in [2.75, 3.05) is 0 Å². The lowest BCUT2D eigenvalue weighted by molar-refractivity contribution is -0.107. The van der Waals surface area contributed by atoms with Gasteiger partial charge in [0, 0.05) is 6.42 Å². The summed E-state index contributed by atoms with van der Waals surface area (Å²) in [5.41, 5.74) is 5.32. The summed E-state index contributed by atoms with van der Waals surface area (Å²) in [6, 6.07) is 0. The van der Waals surface area contributed by atoms with E-state index in [9.17, 15) is 9.59 Å². The fourth-order valence-electron chi connectivity index (χ4n) is 2.59. The van der Waals surface area contributed by atoms with E-state index in [1.54, 1.807) is 0 Å². The van der Waals surface area contributed by atoms with Crippen LogP contribution in [0.25, 0.3) is 0 Å². The molecule has 144 valence electrons. The zero-order chi connectivity index (χ0) is 19.6. The maximum absolute atomic E-state index is 10.4. The zero-order valence-corrected chi connectivity index (χ0v) is 17.1. The zero-order valence-electron chi connectivity index (χ0n) is 17.1. The second-order valence-corrected chi connectivity index (χ2v) is 6.95. The van der Waals surface area contributed by atoms with Crippen molar-refractivity contribution in [2.24, 2.45) is 0 Å². The predicted octanol–water partition coefficient (Wildman–Crippen LogP) is 6.85.